The molecule has 0 aliphatic carbocycles. The van der Waals surface area contributed by atoms with Crippen LogP contribution in [-0.2, 0) is 6.54 Å². The quantitative estimate of drug-likeness (QED) is 0.847. The minimum Gasteiger partial charge on any atom is -0.314 e. The van der Waals surface area contributed by atoms with E-state index in [4.69, 9.17) is 0 Å². The fourth-order valence-corrected chi connectivity index (χ4v) is 2.56. The summed E-state index contributed by atoms with van der Waals surface area (Å²) in [5, 5.41) is 8.83. The van der Waals surface area contributed by atoms with Crippen LogP contribution in [0.2, 0.25) is 0 Å². The maximum absolute atomic E-state index is 3.51. The molecule has 1 saturated heterocycles. The Kier molecular flexibility index (Phi) is 2.80. The third-order valence-corrected chi connectivity index (χ3v) is 3.95. The van der Waals surface area contributed by atoms with E-state index in [1.165, 1.54) is 9.35 Å². The summed E-state index contributed by atoms with van der Waals surface area (Å²) >= 11 is 5.31. The number of hydrogen-bond donors (Lipinski definition) is 2. The summed E-state index contributed by atoms with van der Waals surface area (Å²) in [6.45, 7) is 3.22. The van der Waals surface area contributed by atoms with Crippen molar-refractivity contribution >= 4 is 27.3 Å². The summed E-state index contributed by atoms with van der Waals surface area (Å²) in [6, 6.07) is 2.78. The molecule has 2 heterocycles. The molecule has 0 spiro atoms. The lowest BCUT2D eigenvalue weighted by Crippen LogP contribution is -2.54. The van der Waals surface area contributed by atoms with Gasteiger partial charge in [-0.2, -0.15) is 0 Å². The van der Waals surface area contributed by atoms with Crippen LogP contribution in [0.1, 0.15) is 4.88 Å². The van der Waals surface area contributed by atoms with Gasteiger partial charge in [0.05, 0.1) is 0 Å². The summed E-state index contributed by atoms with van der Waals surface area (Å²) in [5.41, 5.74) is 0. The Bertz CT molecular complexity index is 257. The van der Waals surface area contributed by atoms with Gasteiger partial charge in [-0.05, 0) is 27.4 Å². The summed E-state index contributed by atoms with van der Waals surface area (Å²) in [7, 11) is 0. The fraction of sp³-hybridized carbons (Fsp3) is 0.500. The third kappa shape index (κ3) is 1.88. The predicted molar refractivity (Wildman–Crippen MR) is 55.5 cm³/mol. The van der Waals surface area contributed by atoms with Gasteiger partial charge in [0.15, 0.2) is 0 Å². The van der Waals surface area contributed by atoms with E-state index < -0.39 is 0 Å². The second kappa shape index (κ2) is 3.87. The smallest absolute Gasteiger partial charge is 0.0327 e. The van der Waals surface area contributed by atoms with Crippen molar-refractivity contribution in [1.82, 2.24) is 10.6 Å². The van der Waals surface area contributed by atoms with Gasteiger partial charge in [-0.3, -0.25) is 0 Å². The van der Waals surface area contributed by atoms with Crippen molar-refractivity contribution in [3.63, 3.8) is 0 Å². The average molecular weight is 247 g/mol. The molecule has 0 atom stereocenters. The molecule has 1 aliphatic rings. The molecule has 1 aromatic heterocycles. The maximum atomic E-state index is 3.51. The zero-order valence-electron chi connectivity index (χ0n) is 6.64. The molecule has 0 radical (unpaired) electrons. The molecule has 2 N–H and O–H groups in total. The van der Waals surface area contributed by atoms with Crippen LogP contribution in [0.15, 0.2) is 15.9 Å². The van der Waals surface area contributed by atoms with Gasteiger partial charge in [-0.1, -0.05) is 0 Å². The molecule has 0 saturated carbocycles. The summed E-state index contributed by atoms with van der Waals surface area (Å²) in [4.78, 5) is 1.39. The van der Waals surface area contributed by atoms with Crippen LogP contribution in [0, 0.1) is 0 Å². The lowest BCUT2D eigenvalue weighted by atomic mass is 10.2. The standard InChI is InChI=1S/C8H11BrN2S/c9-7-1-2-12-8(7)5-11-6-3-10-4-6/h1-2,6,10-11H,3-5H2. The largest absolute Gasteiger partial charge is 0.314 e. The van der Waals surface area contributed by atoms with Crippen molar-refractivity contribution in [2.75, 3.05) is 13.1 Å². The van der Waals surface area contributed by atoms with E-state index >= 15 is 0 Å². The Balaban J connectivity index is 1.82. The first-order valence-corrected chi connectivity index (χ1v) is 5.69. The minimum absolute atomic E-state index is 0.680. The highest BCUT2D eigenvalue weighted by Crippen LogP contribution is 2.22. The molecule has 2 nitrogen and oxygen atoms in total. The van der Waals surface area contributed by atoms with E-state index in [-0.39, 0.29) is 0 Å². The highest BCUT2D eigenvalue weighted by molar-refractivity contribution is 9.10. The highest BCUT2D eigenvalue weighted by atomic mass is 79.9. The number of rotatable bonds is 3. The SMILES string of the molecule is Brc1ccsc1CNC1CNC1. The average Bonchev–Trinajstić information content (AvgIpc) is 2.33. The highest BCUT2D eigenvalue weighted by Gasteiger charge is 2.15. The van der Waals surface area contributed by atoms with Gasteiger partial charge < -0.3 is 10.6 Å². The Hall–Kier alpha value is 0.1000. The van der Waals surface area contributed by atoms with Crippen molar-refractivity contribution in [3.05, 3.63) is 20.8 Å². The Morgan fingerprint density at radius 3 is 3.00 bits per heavy atom. The van der Waals surface area contributed by atoms with Crippen LogP contribution in [0.25, 0.3) is 0 Å². The molecule has 66 valence electrons. The van der Waals surface area contributed by atoms with Gasteiger partial charge in [0.25, 0.3) is 0 Å². The first-order valence-electron chi connectivity index (χ1n) is 4.02. The normalized spacial score (nSPS) is 17.8. The maximum Gasteiger partial charge on any atom is 0.0327 e. The molecule has 0 aromatic carbocycles. The molecular weight excluding hydrogens is 236 g/mol. The van der Waals surface area contributed by atoms with E-state index in [0.717, 1.165) is 19.6 Å². The monoisotopic (exact) mass is 246 g/mol. The van der Waals surface area contributed by atoms with Crippen molar-refractivity contribution in [2.24, 2.45) is 0 Å². The number of thiophene rings is 1. The fourth-order valence-electron chi connectivity index (χ4n) is 1.12. The van der Waals surface area contributed by atoms with Gasteiger partial charge in [0.1, 0.15) is 0 Å². The van der Waals surface area contributed by atoms with Crippen LogP contribution in [0.4, 0.5) is 0 Å². The Morgan fingerprint density at radius 1 is 1.67 bits per heavy atom. The molecule has 1 aromatic rings. The molecule has 1 aliphatic heterocycles. The molecule has 1 fully saturated rings. The molecule has 0 amide bonds. The van der Waals surface area contributed by atoms with Crippen LogP contribution >= 0.6 is 27.3 Å². The predicted octanol–water partition coefficient (Wildman–Crippen LogP) is 1.57. The topological polar surface area (TPSA) is 24.1 Å². The van der Waals surface area contributed by atoms with Crippen molar-refractivity contribution < 1.29 is 0 Å². The van der Waals surface area contributed by atoms with E-state index in [1.807, 2.05) is 0 Å². The van der Waals surface area contributed by atoms with E-state index in [1.54, 1.807) is 11.3 Å². The van der Waals surface area contributed by atoms with Crippen LogP contribution in [-0.4, -0.2) is 19.1 Å². The molecule has 4 heteroatoms. The summed E-state index contributed by atoms with van der Waals surface area (Å²) in [6.07, 6.45) is 0. The molecular formula is C8H11BrN2S. The second-order valence-electron chi connectivity index (χ2n) is 2.93. The lowest BCUT2D eigenvalue weighted by Gasteiger charge is -2.27. The number of hydrogen-bond acceptors (Lipinski definition) is 3. The molecule has 0 unspecified atom stereocenters. The van der Waals surface area contributed by atoms with E-state index in [9.17, 15) is 0 Å². The van der Waals surface area contributed by atoms with Gasteiger partial charge in [-0.25, -0.2) is 0 Å². The number of nitrogens with one attached hydrogen (secondary N) is 2. The van der Waals surface area contributed by atoms with Crippen LogP contribution in [0.5, 0.6) is 0 Å². The van der Waals surface area contributed by atoms with Crippen molar-refractivity contribution in [3.8, 4) is 0 Å². The number of halogens is 1. The van der Waals surface area contributed by atoms with E-state index in [2.05, 4.69) is 38.0 Å². The zero-order chi connectivity index (χ0) is 8.39. The second-order valence-corrected chi connectivity index (χ2v) is 4.78. The summed E-state index contributed by atoms with van der Waals surface area (Å²) < 4.78 is 1.23. The van der Waals surface area contributed by atoms with Gasteiger partial charge >= 0.3 is 0 Å². The first-order chi connectivity index (χ1) is 5.86. The zero-order valence-corrected chi connectivity index (χ0v) is 9.04. The third-order valence-electron chi connectivity index (χ3n) is 2.02. The Labute approximate surface area is 84.5 Å². The van der Waals surface area contributed by atoms with Gasteiger partial charge in [-0.15, -0.1) is 11.3 Å². The van der Waals surface area contributed by atoms with Gasteiger partial charge in [0.2, 0.25) is 0 Å². The van der Waals surface area contributed by atoms with E-state index in [0.29, 0.717) is 6.04 Å². The summed E-state index contributed by atoms with van der Waals surface area (Å²) in [5.74, 6) is 0. The molecule has 0 bridgehead atoms. The van der Waals surface area contributed by atoms with Crippen molar-refractivity contribution in [2.45, 2.75) is 12.6 Å². The minimum atomic E-state index is 0.680. The van der Waals surface area contributed by atoms with Crippen LogP contribution in [0.3, 0.4) is 0 Å². The molecule has 12 heavy (non-hydrogen) atoms. The van der Waals surface area contributed by atoms with Gasteiger partial charge in [0, 0.05) is 35.0 Å². The van der Waals surface area contributed by atoms with Crippen LogP contribution < -0.4 is 10.6 Å². The Morgan fingerprint density at radius 2 is 2.50 bits per heavy atom. The van der Waals surface area contributed by atoms with Crippen molar-refractivity contribution in [1.29, 1.82) is 0 Å². The lowest BCUT2D eigenvalue weighted by molar-refractivity contribution is 0.366. The first kappa shape index (κ1) is 8.69. The molecule has 2 rings (SSSR count).